The molecule has 5 atom stereocenters. The molecule has 2 saturated heterocycles. The number of halogens is 1. The topological polar surface area (TPSA) is 118 Å². The fraction of sp³-hybridized carbons (Fsp3) is 0.214. The predicted octanol–water partition coefficient (Wildman–Crippen LogP) is 6.23. The zero-order valence-electron chi connectivity index (χ0n) is 37.3. The Labute approximate surface area is 414 Å². The summed E-state index contributed by atoms with van der Waals surface area (Å²) in [7, 11) is 0. The van der Waals surface area contributed by atoms with Gasteiger partial charge in [-0.2, -0.15) is 0 Å². The molecule has 0 bridgehead atoms. The minimum Gasteiger partial charge on any atom is -1.00 e. The second-order valence-corrected chi connectivity index (χ2v) is 17.3. The monoisotopic (exact) mass is 952 g/mol. The number of rotatable bonds is 12. The van der Waals surface area contributed by atoms with Crippen molar-refractivity contribution in [3.8, 4) is 22.3 Å². The summed E-state index contributed by atoms with van der Waals surface area (Å²) < 4.78 is 0. The van der Waals surface area contributed by atoms with Gasteiger partial charge in [0.15, 0.2) is 0 Å². The third-order valence-electron chi connectivity index (χ3n) is 14.3. The number of aliphatic hydroxyl groups is 1. The Hall–Kier alpha value is -5.46. The first-order valence-corrected chi connectivity index (χ1v) is 21.4. The number of allylic oxidation sites excluding steroid dienone is 2. The molecule has 10 heteroatoms. The van der Waals surface area contributed by atoms with Gasteiger partial charge in [-0.25, -0.2) is 0 Å². The number of fused-ring (bicyclic) bond motifs is 6. The molecule has 2 heterocycles. The summed E-state index contributed by atoms with van der Waals surface area (Å²) >= 11 is 0. The van der Waals surface area contributed by atoms with E-state index in [2.05, 4.69) is 78.7 Å². The average Bonchev–Trinajstić information content (AvgIpc) is 3.75. The van der Waals surface area contributed by atoms with Gasteiger partial charge in [-0.05, 0) is 75.4 Å². The number of carbonyl (C=O) groups is 3. The van der Waals surface area contributed by atoms with Crippen LogP contribution in [0.25, 0.3) is 22.3 Å². The van der Waals surface area contributed by atoms with Crippen molar-refractivity contribution in [2.75, 3.05) is 13.1 Å². The van der Waals surface area contributed by atoms with Gasteiger partial charge in [0, 0.05) is 18.5 Å². The molecule has 2 fully saturated rings. The summed E-state index contributed by atoms with van der Waals surface area (Å²) in [5.74, 6) is -1.91. The van der Waals surface area contributed by atoms with Crippen molar-refractivity contribution in [3.05, 3.63) is 224 Å². The maximum atomic E-state index is 12.8. The van der Waals surface area contributed by atoms with Gasteiger partial charge < -0.3 is 44.5 Å². The number of carboxylic acid groups (broad SMARTS) is 2. The van der Waals surface area contributed by atoms with Gasteiger partial charge in [0.1, 0.15) is 18.4 Å². The summed E-state index contributed by atoms with van der Waals surface area (Å²) in [6.07, 6.45) is 4.18. The largest absolute Gasteiger partial charge is 2.00 e. The molecule has 4 aliphatic rings. The summed E-state index contributed by atoms with van der Waals surface area (Å²) in [5.41, 5.74) is 7.40. The quantitative estimate of drug-likeness (QED) is 0.0573. The molecule has 2 aliphatic carbocycles. The molecule has 2 aliphatic heterocycles. The molecule has 8 nitrogen and oxygen atoms in total. The van der Waals surface area contributed by atoms with Crippen LogP contribution in [-0.2, 0) is 25.5 Å². The van der Waals surface area contributed by atoms with Gasteiger partial charge in [-0.3, -0.25) is 19.4 Å². The standard InChI is InChI=1S/C28H27NO3.C27H23NO3.CH3.BrH.Mg/c1-3-17-27(19(2)30)18-29(25(27)26(31)32)28(20-11-5-4-6-12-20)23-15-9-7-13-21(23)22-14-8-10-16-24(22)28;1-2-16-26(18-29)17-28(24(26)25(30)31)27(19-10-4-3-5-11-19)22-14-8-6-12-20(22)21-13-7-9-15-23(21)27;;;/h3-16,19,25,30H,1,17-18H2,2H3,(H,31,32);2-15,18,24H,1,16-17H2,(H,30,31);1H3;1H;/q;;-1;;+2/p-1/t19?,25-,27-;24-,26-;;;/m11.../s1. The van der Waals surface area contributed by atoms with Gasteiger partial charge in [0.2, 0.25) is 0 Å². The van der Waals surface area contributed by atoms with Crippen molar-refractivity contribution in [2.45, 2.75) is 49.0 Å². The zero-order chi connectivity index (χ0) is 44.1. The second-order valence-electron chi connectivity index (χ2n) is 17.3. The van der Waals surface area contributed by atoms with Crippen molar-refractivity contribution in [1.82, 2.24) is 9.80 Å². The van der Waals surface area contributed by atoms with Gasteiger partial charge in [-0.15, -0.1) is 13.2 Å². The van der Waals surface area contributed by atoms with Crippen molar-refractivity contribution >= 4 is 41.3 Å². The third-order valence-corrected chi connectivity index (χ3v) is 14.3. The molecular formula is C56H53BrMgN2O6. The number of benzene rings is 6. The Morgan fingerprint density at radius 1 is 0.591 bits per heavy atom. The van der Waals surface area contributed by atoms with E-state index in [4.69, 9.17) is 0 Å². The van der Waals surface area contributed by atoms with Crippen LogP contribution in [0.15, 0.2) is 183 Å². The van der Waals surface area contributed by atoms with Crippen molar-refractivity contribution in [1.29, 1.82) is 0 Å². The van der Waals surface area contributed by atoms with Crippen molar-refractivity contribution in [3.63, 3.8) is 0 Å². The van der Waals surface area contributed by atoms with Crippen LogP contribution < -0.4 is 17.0 Å². The van der Waals surface area contributed by atoms with Gasteiger partial charge >= 0.3 is 35.0 Å². The van der Waals surface area contributed by atoms with E-state index < -0.39 is 52.0 Å². The molecule has 6 aromatic rings. The Morgan fingerprint density at radius 3 is 1.24 bits per heavy atom. The number of carbonyl (C=O) groups excluding carboxylic acids is 1. The maximum Gasteiger partial charge on any atom is 2.00 e. The minimum atomic E-state index is -0.989. The maximum absolute atomic E-state index is 12.8. The molecule has 3 N–H and O–H groups in total. The van der Waals surface area contributed by atoms with Crippen LogP contribution in [-0.4, -0.2) is 97.7 Å². The van der Waals surface area contributed by atoms with Gasteiger partial charge in [-0.1, -0.05) is 170 Å². The molecule has 1 unspecified atom stereocenters. The number of aliphatic hydroxyl groups excluding tert-OH is 1. The van der Waals surface area contributed by atoms with E-state index in [1.165, 1.54) is 0 Å². The Balaban J connectivity index is 0.000000209. The summed E-state index contributed by atoms with van der Waals surface area (Å²) in [5, 5.41) is 31.5. The van der Waals surface area contributed by atoms with E-state index in [1.54, 1.807) is 19.1 Å². The van der Waals surface area contributed by atoms with Crippen LogP contribution >= 0.6 is 0 Å². The smallest absolute Gasteiger partial charge is 1.00 e. The van der Waals surface area contributed by atoms with E-state index in [0.29, 0.717) is 25.9 Å². The number of aldehydes is 1. The third kappa shape index (κ3) is 7.07. The molecule has 0 spiro atoms. The Kier molecular flexibility index (Phi) is 14.7. The summed E-state index contributed by atoms with van der Waals surface area (Å²) in [6, 6.07) is 51.2. The Bertz CT molecular complexity index is 2670. The number of aliphatic carboxylic acids is 2. The zero-order valence-corrected chi connectivity index (χ0v) is 40.3. The Morgan fingerprint density at radius 2 is 0.924 bits per heavy atom. The molecule has 332 valence electrons. The second kappa shape index (κ2) is 19.4. The fourth-order valence-electron chi connectivity index (χ4n) is 11.7. The first-order chi connectivity index (χ1) is 30.6. The molecule has 0 aromatic heterocycles. The van der Waals surface area contributed by atoms with Crippen LogP contribution in [0.4, 0.5) is 0 Å². The molecule has 0 saturated carbocycles. The first-order valence-electron chi connectivity index (χ1n) is 21.4. The molecule has 0 radical (unpaired) electrons. The number of hydrogen-bond acceptors (Lipinski definition) is 6. The van der Waals surface area contributed by atoms with Crippen molar-refractivity contribution < 1.29 is 46.7 Å². The van der Waals surface area contributed by atoms with Crippen LogP contribution in [0, 0.1) is 18.3 Å². The number of hydrogen-bond donors (Lipinski definition) is 3. The van der Waals surface area contributed by atoms with E-state index in [9.17, 15) is 29.7 Å². The molecular weight excluding hydrogens is 901 g/mol. The molecule has 66 heavy (non-hydrogen) atoms. The van der Waals surface area contributed by atoms with Crippen LogP contribution in [0.3, 0.4) is 0 Å². The molecule has 10 rings (SSSR count). The van der Waals surface area contributed by atoms with Gasteiger partial charge in [0.05, 0.1) is 22.6 Å². The number of nitrogens with zero attached hydrogens (tertiary/aromatic N) is 2. The van der Waals surface area contributed by atoms with E-state index in [-0.39, 0.29) is 47.5 Å². The molecule has 0 amide bonds. The summed E-state index contributed by atoms with van der Waals surface area (Å²) in [6.45, 7) is 10.1. The van der Waals surface area contributed by atoms with E-state index >= 15 is 0 Å². The van der Waals surface area contributed by atoms with E-state index in [0.717, 1.165) is 61.9 Å². The fourth-order valence-corrected chi connectivity index (χ4v) is 11.7. The SMILES string of the molecule is C=CC[C@]1(C(C)O)CN(C2(c3ccccc3)c3ccccc3-c3ccccc32)[C@@H]1C(=O)O.C=CC[C@]1(C=O)CN(C2(c3ccccc3)c3ccccc3-c3ccccc32)[C@@H]1C(=O)O.[Br-].[CH3-].[Mg+2]. The first kappa shape index (κ1) is 50.0. The van der Waals surface area contributed by atoms with Crippen molar-refractivity contribution in [2.24, 2.45) is 10.8 Å². The van der Waals surface area contributed by atoms with E-state index in [1.807, 2.05) is 102 Å². The van der Waals surface area contributed by atoms with Gasteiger partial charge in [0.25, 0.3) is 0 Å². The minimum absolute atomic E-state index is 0. The average molecular weight is 954 g/mol. The van der Waals surface area contributed by atoms with Crippen LogP contribution in [0.2, 0.25) is 0 Å². The molecule has 6 aromatic carbocycles. The number of carboxylic acids is 2. The number of likely N-dealkylation sites (tertiary alicyclic amines) is 2. The van der Waals surface area contributed by atoms with Crippen LogP contribution in [0.1, 0.15) is 53.1 Å². The summed E-state index contributed by atoms with van der Waals surface area (Å²) in [4.78, 5) is 41.6. The predicted molar refractivity (Wildman–Crippen MR) is 257 cm³/mol. The normalized spacial score (nSPS) is 22.6. The van der Waals surface area contributed by atoms with Crippen LogP contribution in [0.5, 0.6) is 0 Å².